The van der Waals surface area contributed by atoms with Crippen molar-refractivity contribution in [2.24, 2.45) is 0 Å². The van der Waals surface area contributed by atoms with Crippen LogP contribution in [0, 0.1) is 6.92 Å². The molecule has 4 N–H and O–H groups in total. The zero-order valence-corrected chi connectivity index (χ0v) is 14.1. The quantitative estimate of drug-likeness (QED) is 0.575. The zero-order valence-electron chi connectivity index (χ0n) is 14.1. The average molecular weight is 353 g/mol. The van der Waals surface area contributed by atoms with Crippen LogP contribution in [-0.2, 0) is 9.47 Å². The Kier molecular flexibility index (Phi) is 4.74. The zero-order chi connectivity index (χ0) is 18.4. The number of aryl methyl sites for hydroxylation is 1. The van der Waals surface area contributed by atoms with Gasteiger partial charge in [-0.05, 0) is 12.5 Å². The molecule has 2 saturated heterocycles. The number of aliphatic hydroxyl groups is 4. The number of amides is 1. The van der Waals surface area contributed by atoms with Crippen molar-refractivity contribution in [1.82, 2.24) is 4.90 Å². The van der Waals surface area contributed by atoms with Crippen LogP contribution in [0.2, 0.25) is 0 Å². The van der Waals surface area contributed by atoms with Crippen LogP contribution >= 0.6 is 0 Å². The number of nitrogens with zero attached hydrogens (tertiary/aromatic N) is 1. The molecule has 8 nitrogen and oxygen atoms in total. The number of carbonyl (C=O) groups is 1. The Hall–Kier alpha value is -1.71. The minimum atomic E-state index is -1.84. The van der Waals surface area contributed by atoms with Gasteiger partial charge in [0, 0.05) is 13.5 Å². The van der Waals surface area contributed by atoms with Crippen molar-refractivity contribution in [2.75, 3.05) is 13.7 Å². The summed E-state index contributed by atoms with van der Waals surface area (Å²) in [5, 5.41) is 39.8. The first-order valence-corrected chi connectivity index (χ1v) is 8.14. The van der Waals surface area contributed by atoms with Crippen molar-refractivity contribution < 1.29 is 34.7 Å². The predicted molar refractivity (Wildman–Crippen MR) is 85.5 cm³/mol. The molecule has 0 saturated carbocycles. The molecular weight excluding hydrogens is 330 g/mol. The van der Waals surface area contributed by atoms with Crippen LogP contribution < -0.4 is 0 Å². The monoisotopic (exact) mass is 353 g/mol. The molecule has 138 valence electrons. The molecule has 1 aromatic rings. The Bertz CT molecular complexity index is 634. The van der Waals surface area contributed by atoms with E-state index < -0.39 is 48.9 Å². The highest BCUT2D eigenvalue weighted by atomic mass is 16.7. The van der Waals surface area contributed by atoms with E-state index in [0.29, 0.717) is 0 Å². The number of hydrogen-bond acceptors (Lipinski definition) is 7. The summed E-state index contributed by atoms with van der Waals surface area (Å²) in [6, 6.07) is 7.09. The van der Waals surface area contributed by atoms with Gasteiger partial charge in [0.1, 0.15) is 24.4 Å². The highest BCUT2D eigenvalue weighted by molar-refractivity contribution is 5.69. The highest BCUT2D eigenvalue weighted by Gasteiger charge is 2.59. The van der Waals surface area contributed by atoms with Crippen LogP contribution in [0.15, 0.2) is 24.3 Å². The molecule has 25 heavy (non-hydrogen) atoms. The van der Waals surface area contributed by atoms with Crippen molar-refractivity contribution in [3.05, 3.63) is 35.4 Å². The average Bonchev–Trinajstić information content (AvgIpc) is 2.60. The second kappa shape index (κ2) is 6.54. The summed E-state index contributed by atoms with van der Waals surface area (Å²) in [4.78, 5) is 13.7. The molecule has 3 rings (SSSR count). The first-order valence-electron chi connectivity index (χ1n) is 8.14. The Balaban J connectivity index is 1.96. The number of carbonyl (C=O) groups excluding carboxylic acids is 1. The van der Waals surface area contributed by atoms with E-state index in [9.17, 15) is 25.2 Å². The van der Waals surface area contributed by atoms with Gasteiger partial charge >= 0.3 is 6.09 Å². The van der Waals surface area contributed by atoms with Crippen molar-refractivity contribution in [2.45, 2.75) is 49.6 Å². The van der Waals surface area contributed by atoms with Gasteiger partial charge in [0.2, 0.25) is 5.79 Å². The second-order valence-corrected chi connectivity index (χ2v) is 6.69. The van der Waals surface area contributed by atoms with E-state index in [1.165, 1.54) is 4.90 Å². The molecule has 0 radical (unpaired) electrons. The fourth-order valence-corrected chi connectivity index (χ4v) is 3.39. The van der Waals surface area contributed by atoms with Crippen molar-refractivity contribution in [1.29, 1.82) is 0 Å². The van der Waals surface area contributed by atoms with Crippen molar-refractivity contribution in [3.63, 3.8) is 0 Å². The summed E-state index contributed by atoms with van der Waals surface area (Å²) in [5.41, 5.74) is 1.88. The molecule has 1 spiro atoms. The molecule has 0 aromatic heterocycles. The third kappa shape index (κ3) is 3.00. The lowest BCUT2D eigenvalue weighted by Crippen LogP contribution is -2.69. The third-order valence-corrected chi connectivity index (χ3v) is 4.99. The fraction of sp³-hybridized carbons (Fsp3) is 0.588. The molecule has 1 aromatic carbocycles. The number of aliphatic hydroxyl groups excluding tert-OH is 4. The standard InChI is InChI=1S/C17H23NO7/c1-9-3-5-10(6-4-9)11-7-17(25-16(23)18(11)2)15(22)14(21)13(20)12(8-19)24-17/h3-6,11-15,19-22H,7-8H2,1-2H3/t11-,12+,13+,14-,15+,17-/m0/s1. The molecular formula is C17H23NO7. The molecule has 2 aliphatic heterocycles. The Morgan fingerprint density at radius 1 is 1.20 bits per heavy atom. The van der Waals surface area contributed by atoms with E-state index in [4.69, 9.17) is 9.47 Å². The lowest BCUT2D eigenvalue weighted by atomic mass is 9.85. The summed E-state index contributed by atoms with van der Waals surface area (Å²) < 4.78 is 10.9. The molecule has 1 amide bonds. The van der Waals surface area contributed by atoms with Crippen LogP contribution in [0.3, 0.4) is 0 Å². The maximum Gasteiger partial charge on any atom is 0.412 e. The van der Waals surface area contributed by atoms with Crippen molar-refractivity contribution >= 4 is 6.09 Å². The van der Waals surface area contributed by atoms with Crippen LogP contribution in [0.4, 0.5) is 4.79 Å². The molecule has 8 heteroatoms. The normalized spacial score (nSPS) is 38.7. The SMILES string of the molecule is Cc1ccc([C@@H]2C[C@@]3(OC(=O)N2C)O[C@H](CO)[C@@H](O)[C@H](O)[C@H]3O)cc1. The van der Waals surface area contributed by atoms with Gasteiger partial charge in [0.25, 0.3) is 0 Å². The van der Waals surface area contributed by atoms with Crippen LogP contribution in [0.1, 0.15) is 23.6 Å². The van der Waals surface area contributed by atoms with Gasteiger partial charge in [-0.15, -0.1) is 0 Å². The number of rotatable bonds is 2. The largest absolute Gasteiger partial charge is 0.414 e. The van der Waals surface area contributed by atoms with Gasteiger partial charge in [-0.25, -0.2) is 4.79 Å². The molecule has 2 heterocycles. The van der Waals surface area contributed by atoms with Crippen molar-refractivity contribution in [3.8, 4) is 0 Å². The maximum absolute atomic E-state index is 12.4. The van der Waals surface area contributed by atoms with Gasteiger partial charge in [-0.3, -0.25) is 0 Å². The molecule has 2 fully saturated rings. The Labute approximate surface area is 145 Å². The maximum atomic E-state index is 12.4. The van der Waals surface area contributed by atoms with Crippen LogP contribution in [-0.4, -0.2) is 75.3 Å². The molecule has 6 atom stereocenters. The van der Waals surface area contributed by atoms with Gasteiger partial charge in [-0.1, -0.05) is 29.8 Å². The van der Waals surface area contributed by atoms with E-state index in [2.05, 4.69) is 0 Å². The molecule has 0 bridgehead atoms. The minimum absolute atomic E-state index is 0.0414. The van der Waals surface area contributed by atoms with E-state index in [1.54, 1.807) is 7.05 Å². The van der Waals surface area contributed by atoms with E-state index >= 15 is 0 Å². The Morgan fingerprint density at radius 2 is 1.84 bits per heavy atom. The number of ether oxygens (including phenoxy) is 2. The van der Waals surface area contributed by atoms with Gasteiger partial charge < -0.3 is 34.8 Å². The third-order valence-electron chi connectivity index (χ3n) is 4.99. The van der Waals surface area contributed by atoms with Gasteiger partial charge in [0.05, 0.1) is 12.6 Å². The highest BCUT2D eigenvalue weighted by Crippen LogP contribution is 2.43. The first kappa shape index (κ1) is 18.1. The van der Waals surface area contributed by atoms with E-state index in [-0.39, 0.29) is 6.42 Å². The van der Waals surface area contributed by atoms with E-state index in [1.807, 2.05) is 31.2 Å². The number of hydrogen-bond donors (Lipinski definition) is 4. The topological polar surface area (TPSA) is 120 Å². The molecule has 0 aliphatic carbocycles. The first-order chi connectivity index (χ1) is 11.8. The Morgan fingerprint density at radius 3 is 2.44 bits per heavy atom. The number of benzene rings is 1. The van der Waals surface area contributed by atoms with Crippen LogP contribution in [0.5, 0.6) is 0 Å². The minimum Gasteiger partial charge on any atom is -0.414 e. The van der Waals surface area contributed by atoms with Gasteiger partial charge in [0.15, 0.2) is 0 Å². The van der Waals surface area contributed by atoms with E-state index in [0.717, 1.165) is 11.1 Å². The summed E-state index contributed by atoms with van der Waals surface area (Å²) in [6.07, 6.45) is -6.59. The summed E-state index contributed by atoms with van der Waals surface area (Å²) >= 11 is 0. The summed E-state index contributed by atoms with van der Waals surface area (Å²) in [6.45, 7) is 1.36. The predicted octanol–water partition coefficient (Wildman–Crippen LogP) is -0.322. The summed E-state index contributed by atoms with van der Waals surface area (Å²) in [5.74, 6) is -1.84. The van der Waals surface area contributed by atoms with Gasteiger partial charge in [-0.2, -0.15) is 0 Å². The summed E-state index contributed by atoms with van der Waals surface area (Å²) in [7, 11) is 1.57. The fourth-order valence-electron chi connectivity index (χ4n) is 3.39. The smallest absolute Gasteiger partial charge is 0.412 e. The second-order valence-electron chi connectivity index (χ2n) is 6.69. The van der Waals surface area contributed by atoms with Crippen LogP contribution in [0.25, 0.3) is 0 Å². The lowest BCUT2D eigenvalue weighted by molar-refractivity contribution is -0.360. The molecule has 0 unspecified atom stereocenters. The lowest BCUT2D eigenvalue weighted by Gasteiger charge is -2.52. The molecule has 2 aliphatic rings.